The second-order valence-electron chi connectivity index (χ2n) is 9.63. The minimum absolute atomic E-state index is 0.0589. The van der Waals surface area contributed by atoms with Crippen LogP contribution in [-0.4, -0.2) is 58.3 Å². The minimum Gasteiger partial charge on any atom is -0.424 e. The maximum atomic E-state index is 13.1. The van der Waals surface area contributed by atoms with Crippen molar-refractivity contribution in [1.29, 1.82) is 0 Å². The summed E-state index contributed by atoms with van der Waals surface area (Å²) in [7, 11) is 1.48. The van der Waals surface area contributed by atoms with Gasteiger partial charge in [0.2, 0.25) is 6.29 Å². The van der Waals surface area contributed by atoms with Crippen LogP contribution in [0.5, 0.6) is 0 Å². The average Bonchev–Trinajstić information content (AvgIpc) is 3.30. The lowest BCUT2D eigenvalue weighted by molar-refractivity contribution is -0.165. The highest BCUT2D eigenvalue weighted by atomic mass is 16.7. The molecule has 2 atom stereocenters. The number of unbranched alkanes of at least 4 members (excludes halogenated alkanes) is 1. The summed E-state index contributed by atoms with van der Waals surface area (Å²) in [4.78, 5) is 59.0. The number of hydrogen-bond acceptors (Lipinski definition) is 10. The number of carbonyl (C=O) groups is 2. The fourth-order valence-corrected chi connectivity index (χ4v) is 4.28. The van der Waals surface area contributed by atoms with E-state index in [1.54, 1.807) is 13.1 Å². The van der Waals surface area contributed by atoms with Crippen LogP contribution in [0.2, 0.25) is 0 Å². The van der Waals surface area contributed by atoms with Gasteiger partial charge in [0.15, 0.2) is 11.2 Å². The highest BCUT2D eigenvalue weighted by Crippen LogP contribution is 2.16. The molecule has 14 nitrogen and oxygen atoms in total. The number of aliphatic hydroxyl groups excluding tert-OH is 2. The molecule has 3 N–H and O–H groups in total. The van der Waals surface area contributed by atoms with Gasteiger partial charge in [-0.15, -0.1) is 0 Å². The van der Waals surface area contributed by atoms with Crippen LogP contribution in [0.4, 0.5) is 4.79 Å². The molecule has 3 aromatic rings. The molecule has 0 spiro atoms. The Hall–Kier alpha value is -4.04. The van der Waals surface area contributed by atoms with E-state index in [9.17, 15) is 29.4 Å². The molecule has 1 unspecified atom stereocenters. The molecule has 0 fully saturated rings. The summed E-state index contributed by atoms with van der Waals surface area (Å²) in [5.41, 5.74) is 1.94. The highest BCUT2D eigenvalue weighted by Gasteiger charge is 2.20. The van der Waals surface area contributed by atoms with Crippen molar-refractivity contribution in [3.8, 4) is 0 Å². The Balaban J connectivity index is 1.63. The maximum Gasteiger partial charge on any atom is 0.410 e. The summed E-state index contributed by atoms with van der Waals surface area (Å²) in [5, 5.41) is 21.5. The van der Waals surface area contributed by atoms with Crippen LogP contribution in [0.25, 0.3) is 11.2 Å². The van der Waals surface area contributed by atoms with E-state index in [0.717, 1.165) is 15.8 Å². The number of carbonyl (C=O) groups excluding carboxylic acids is 2. The molecular weight excluding hydrogens is 524 g/mol. The van der Waals surface area contributed by atoms with Crippen molar-refractivity contribution in [1.82, 2.24) is 29.0 Å². The van der Waals surface area contributed by atoms with Crippen LogP contribution in [0.3, 0.4) is 0 Å². The fraction of sp³-hybridized carbons (Fsp3) is 0.538. The van der Waals surface area contributed by atoms with Gasteiger partial charge in [0.25, 0.3) is 5.56 Å². The third kappa shape index (κ3) is 7.12. The second-order valence-corrected chi connectivity index (χ2v) is 9.63. The van der Waals surface area contributed by atoms with E-state index >= 15 is 0 Å². The summed E-state index contributed by atoms with van der Waals surface area (Å²) in [6.07, 6.45) is 1.95. The number of pyridine rings is 1. The summed E-state index contributed by atoms with van der Waals surface area (Å²) in [6, 6.07) is 0. The van der Waals surface area contributed by atoms with Gasteiger partial charge in [-0.3, -0.25) is 23.7 Å². The molecule has 0 radical (unpaired) electrons. The van der Waals surface area contributed by atoms with Crippen LogP contribution in [0.1, 0.15) is 55.5 Å². The first-order valence-corrected chi connectivity index (χ1v) is 13.0. The number of aliphatic hydroxyl groups is 2. The van der Waals surface area contributed by atoms with Crippen LogP contribution >= 0.6 is 0 Å². The normalized spacial score (nSPS) is 12.8. The molecule has 3 aromatic heterocycles. The summed E-state index contributed by atoms with van der Waals surface area (Å²) >= 11 is 0. The first-order valence-electron chi connectivity index (χ1n) is 13.0. The molecule has 0 aliphatic rings. The predicted octanol–water partition coefficient (Wildman–Crippen LogP) is 0.768. The molecule has 0 aliphatic heterocycles. The van der Waals surface area contributed by atoms with Gasteiger partial charge in [-0.05, 0) is 51.2 Å². The van der Waals surface area contributed by atoms with Crippen LogP contribution in [0, 0.1) is 13.8 Å². The first kappa shape index (κ1) is 30.5. The Morgan fingerprint density at radius 3 is 2.52 bits per heavy atom. The lowest BCUT2D eigenvalue weighted by Crippen LogP contribution is -2.40. The molecule has 40 heavy (non-hydrogen) atoms. The van der Waals surface area contributed by atoms with Crippen LogP contribution in [-0.2, 0) is 47.6 Å². The number of aromatic nitrogens is 5. The Morgan fingerprint density at radius 2 is 1.85 bits per heavy atom. The average molecular weight is 561 g/mol. The maximum absolute atomic E-state index is 13.1. The number of alkyl carbamates (subject to hydrolysis) is 1. The van der Waals surface area contributed by atoms with Gasteiger partial charge in [-0.2, -0.15) is 0 Å². The zero-order valence-corrected chi connectivity index (χ0v) is 23.3. The van der Waals surface area contributed by atoms with E-state index in [-0.39, 0.29) is 30.9 Å². The molecule has 14 heteroatoms. The van der Waals surface area contributed by atoms with Gasteiger partial charge in [-0.1, -0.05) is 0 Å². The smallest absolute Gasteiger partial charge is 0.410 e. The van der Waals surface area contributed by atoms with Gasteiger partial charge >= 0.3 is 17.8 Å². The predicted molar refractivity (Wildman–Crippen MR) is 143 cm³/mol. The van der Waals surface area contributed by atoms with Gasteiger partial charge in [0, 0.05) is 44.5 Å². The Morgan fingerprint density at radius 1 is 1.12 bits per heavy atom. The van der Waals surface area contributed by atoms with Crippen molar-refractivity contribution < 1.29 is 29.3 Å². The third-order valence-corrected chi connectivity index (χ3v) is 6.60. The van der Waals surface area contributed by atoms with E-state index in [1.807, 2.05) is 13.8 Å². The number of ether oxygens (including phenoxy) is 2. The SMILES string of the molecule is Cc1ncc(CO)c(CNC(=O)OC(C)OC(=O)Cn2cnc3c2c(=O)n(CCCC[C@H](C)O)c(=O)n3C)c1C. The zero-order valence-electron chi connectivity index (χ0n) is 23.3. The summed E-state index contributed by atoms with van der Waals surface area (Å²) < 4.78 is 13.9. The number of nitrogens with zero attached hydrogens (tertiary/aromatic N) is 5. The van der Waals surface area contributed by atoms with E-state index < -0.39 is 42.3 Å². The number of hydrogen-bond donors (Lipinski definition) is 3. The van der Waals surface area contributed by atoms with E-state index in [0.29, 0.717) is 30.4 Å². The summed E-state index contributed by atoms with van der Waals surface area (Å²) in [6.45, 7) is 6.28. The van der Waals surface area contributed by atoms with Crippen molar-refractivity contribution in [3.63, 3.8) is 0 Å². The molecule has 3 rings (SSSR count). The Bertz CT molecular complexity index is 1490. The Kier molecular flexibility index (Phi) is 10.2. The van der Waals surface area contributed by atoms with Crippen LogP contribution < -0.4 is 16.6 Å². The van der Waals surface area contributed by atoms with Gasteiger partial charge in [0.1, 0.15) is 6.54 Å². The molecule has 1 amide bonds. The van der Waals surface area contributed by atoms with Crippen LogP contribution in [0.15, 0.2) is 22.1 Å². The van der Waals surface area contributed by atoms with Crippen molar-refractivity contribution in [2.75, 3.05) is 0 Å². The number of imidazole rings is 1. The lowest BCUT2D eigenvalue weighted by Gasteiger charge is -2.17. The molecule has 218 valence electrons. The number of amides is 1. The lowest BCUT2D eigenvalue weighted by atomic mass is 10.0. The van der Waals surface area contributed by atoms with Gasteiger partial charge in [0.05, 0.1) is 19.0 Å². The third-order valence-electron chi connectivity index (χ3n) is 6.60. The number of fused-ring (bicyclic) bond motifs is 1. The van der Waals surface area contributed by atoms with Gasteiger partial charge in [-0.25, -0.2) is 14.6 Å². The first-order chi connectivity index (χ1) is 18.9. The van der Waals surface area contributed by atoms with Gasteiger partial charge < -0.3 is 29.6 Å². The number of nitrogens with one attached hydrogen (secondary N) is 1. The molecule has 3 heterocycles. The molecule has 0 aromatic carbocycles. The Labute approximate surface area is 230 Å². The fourth-order valence-electron chi connectivity index (χ4n) is 4.28. The minimum atomic E-state index is -1.24. The van der Waals surface area contributed by atoms with E-state index in [4.69, 9.17) is 9.47 Å². The van der Waals surface area contributed by atoms with E-state index in [2.05, 4.69) is 15.3 Å². The van der Waals surface area contributed by atoms with E-state index in [1.165, 1.54) is 29.4 Å². The monoisotopic (exact) mass is 560 g/mol. The zero-order chi connectivity index (χ0) is 29.6. The summed E-state index contributed by atoms with van der Waals surface area (Å²) in [5.74, 6) is -0.792. The topological polar surface area (TPSA) is 180 Å². The van der Waals surface area contributed by atoms with Crippen molar-refractivity contribution in [3.05, 3.63) is 55.7 Å². The molecule has 0 aliphatic carbocycles. The van der Waals surface area contributed by atoms with Crippen molar-refractivity contribution in [2.45, 2.75) is 85.6 Å². The van der Waals surface area contributed by atoms with Crippen molar-refractivity contribution in [2.24, 2.45) is 7.05 Å². The highest BCUT2D eigenvalue weighted by molar-refractivity contribution is 5.75. The quantitative estimate of drug-likeness (QED) is 0.163. The molecule has 0 bridgehead atoms. The van der Waals surface area contributed by atoms with Crippen molar-refractivity contribution >= 4 is 23.2 Å². The molecular formula is C26H36N6O8. The molecule has 0 saturated heterocycles. The molecule has 0 saturated carbocycles. The number of aryl methyl sites for hydroxylation is 2. The number of rotatable bonds is 12. The second kappa shape index (κ2) is 13.3. The largest absolute Gasteiger partial charge is 0.424 e. The standard InChI is InChI=1S/C26H36N6O8/c1-15(34)8-6-7-9-32-24(36)22-23(30(5)26(32)38)29-14-31(22)12-21(35)39-18(4)40-25(37)28-11-20-16(2)17(3)27-10-19(20)13-33/h10,14-15,18,33-34H,6-9,11-13H2,1-5H3,(H,28,37)/t15-,18?/m0/s1. The number of esters is 1.